The molecule has 18 heavy (non-hydrogen) atoms. The molecule has 0 saturated carbocycles. The Kier molecular flexibility index (Phi) is 3.96. The predicted octanol–water partition coefficient (Wildman–Crippen LogP) is 3.05. The Morgan fingerprint density at radius 3 is 2.78 bits per heavy atom. The van der Waals surface area contributed by atoms with Gasteiger partial charge in [0.25, 0.3) is 0 Å². The lowest BCUT2D eigenvalue weighted by molar-refractivity contribution is -0.00201. The van der Waals surface area contributed by atoms with E-state index in [1.165, 1.54) is 44.3 Å². The van der Waals surface area contributed by atoms with Crippen LogP contribution in [0.25, 0.3) is 0 Å². The first kappa shape index (κ1) is 12.2. The van der Waals surface area contributed by atoms with Gasteiger partial charge in [-0.3, -0.25) is 0 Å². The van der Waals surface area contributed by atoms with Gasteiger partial charge in [-0.1, -0.05) is 30.3 Å². The van der Waals surface area contributed by atoms with Crippen molar-refractivity contribution in [1.82, 2.24) is 4.90 Å². The van der Waals surface area contributed by atoms with E-state index in [-0.39, 0.29) is 0 Å². The molecular formula is C16H23NO. The Balaban J connectivity index is 1.52. The third kappa shape index (κ3) is 2.93. The van der Waals surface area contributed by atoms with Crippen molar-refractivity contribution in [3.8, 4) is 0 Å². The van der Waals surface area contributed by atoms with E-state index in [4.69, 9.17) is 4.74 Å². The van der Waals surface area contributed by atoms with Gasteiger partial charge in [-0.05, 0) is 43.7 Å². The van der Waals surface area contributed by atoms with Gasteiger partial charge in [0.05, 0.1) is 6.10 Å². The quantitative estimate of drug-likeness (QED) is 0.811. The minimum absolute atomic E-state index is 0.494. The van der Waals surface area contributed by atoms with Crippen LogP contribution < -0.4 is 0 Å². The number of hydrogen-bond acceptors (Lipinski definition) is 2. The van der Waals surface area contributed by atoms with Crippen molar-refractivity contribution >= 4 is 0 Å². The highest BCUT2D eigenvalue weighted by Crippen LogP contribution is 2.27. The summed E-state index contributed by atoms with van der Waals surface area (Å²) in [6.07, 6.45) is 5.65. The van der Waals surface area contributed by atoms with E-state index >= 15 is 0 Å². The average Bonchev–Trinajstić information content (AvgIpc) is 2.89. The van der Waals surface area contributed by atoms with Crippen LogP contribution in [0.2, 0.25) is 0 Å². The molecule has 2 atom stereocenters. The summed E-state index contributed by atoms with van der Waals surface area (Å²) in [6, 6.07) is 11.0. The maximum Gasteiger partial charge on any atom is 0.0702 e. The number of benzene rings is 1. The lowest BCUT2D eigenvalue weighted by Gasteiger charge is -2.27. The summed E-state index contributed by atoms with van der Waals surface area (Å²) in [5, 5.41) is 0. The minimum atomic E-state index is 0.494. The van der Waals surface area contributed by atoms with Crippen LogP contribution in [0.15, 0.2) is 30.3 Å². The van der Waals surface area contributed by atoms with Crippen LogP contribution in [-0.4, -0.2) is 37.2 Å². The van der Waals surface area contributed by atoms with Gasteiger partial charge in [0.2, 0.25) is 0 Å². The SMILES string of the molecule is c1ccc([C@@H]2CCN(C[C@H]3CCCCO3)C2)cc1. The van der Waals surface area contributed by atoms with E-state index in [2.05, 4.69) is 35.2 Å². The topological polar surface area (TPSA) is 12.5 Å². The molecule has 0 unspecified atom stereocenters. The van der Waals surface area contributed by atoms with Crippen molar-refractivity contribution < 1.29 is 4.74 Å². The van der Waals surface area contributed by atoms with Crippen molar-refractivity contribution in [2.45, 2.75) is 37.7 Å². The summed E-state index contributed by atoms with van der Waals surface area (Å²) in [4.78, 5) is 2.59. The summed E-state index contributed by atoms with van der Waals surface area (Å²) in [5.74, 6) is 0.731. The zero-order valence-corrected chi connectivity index (χ0v) is 11.1. The molecule has 0 radical (unpaired) electrons. The molecule has 3 rings (SSSR count). The van der Waals surface area contributed by atoms with E-state index in [9.17, 15) is 0 Å². The molecule has 1 aromatic carbocycles. The van der Waals surface area contributed by atoms with Gasteiger partial charge in [-0.25, -0.2) is 0 Å². The fraction of sp³-hybridized carbons (Fsp3) is 0.625. The van der Waals surface area contributed by atoms with E-state index in [1.54, 1.807) is 0 Å². The number of likely N-dealkylation sites (tertiary alicyclic amines) is 1. The molecule has 0 N–H and O–H groups in total. The standard InChI is InChI=1S/C16H23NO/c1-2-6-14(7-3-1)15-9-10-17(12-15)13-16-8-4-5-11-18-16/h1-3,6-7,15-16H,4-5,8-13H2/t15-,16-/m1/s1. The van der Waals surface area contributed by atoms with E-state index in [0.29, 0.717) is 6.10 Å². The Hall–Kier alpha value is -0.860. The van der Waals surface area contributed by atoms with Gasteiger partial charge < -0.3 is 9.64 Å². The second kappa shape index (κ2) is 5.85. The molecule has 98 valence electrons. The summed E-state index contributed by atoms with van der Waals surface area (Å²) >= 11 is 0. The molecule has 2 saturated heterocycles. The Bertz CT molecular complexity index is 359. The first-order valence-corrected chi connectivity index (χ1v) is 7.31. The molecule has 2 nitrogen and oxygen atoms in total. The van der Waals surface area contributed by atoms with Crippen LogP contribution in [-0.2, 0) is 4.74 Å². The molecular weight excluding hydrogens is 222 g/mol. The number of ether oxygens (including phenoxy) is 1. The van der Waals surface area contributed by atoms with E-state index in [0.717, 1.165) is 19.1 Å². The highest BCUT2D eigenvalue weighted by atomic mass is 16.5. The smallest absolute Gasteiger partial charge is 0.0702 e. The molecule has 1 aromatic rings. The highest BCUT2D eigenvalue weighted by molar-refractivity contribution is 5.21. The van der Waals surface area contributed by atoms with Gasteiger partial charge in [0, 0.05) is 19.7 Å². The van der Waals surface area contributed by atoms with Crippen molar-refractivity contribution in [2.75, 3.05) is 26.2 Å². The Labute approximate surface area is 110 Å². The molecule has 0 spiro atoms. The van der Waals surface area contributed by atoms with Gasteiger partial charge >= 0.3 is 0 Å². The monoisotopic (exact) mass is 245 g/mol. The van der Waals surface area contributed by atoms with Gasteiger partial charge in [0.1, 0.15) is 0 Å². The molecule has 0 amide bonds. The third-order valence-electron chi connectivity index (χ3n) is 4.28. The van der Waals surface area contributed by atoms with Crippen molar-refractivity contribution in [2.24, 2.45) is 0 Å². The van der Waals surface area contributed by atoms with Crippen LogP contribution in [0.4, 0.5) is 0 Å². The van der Waals surface area contributed by atoms with Crippen molar-refractivity contribution in [1.29, 1.82) is 0 Å². The number of hydrogen-bond donors (Lipinski definition) is 0. The molecule has 0 aromatic heterocycles. The summed E-state index contributed by atoms with van der Waals surface area (Å²) in [6.45, 7) is 4.56. The normalized spacial score (nSPS) is 29.6. The zero-order chi connectivity index (χ0) is 12.2. The predicted molar refractivity (Wildman–Crippen MR) is 73.8 cm³/mol. The molecule has 2 heteroatoms. The molecule has 2 aliphatic rings. The molecule has 0 bridgehead atoms. The number of rotatable bonds is 3. The third-order valence-corrected chi connectivity index (χ3v) is 4.28. The maximum atomic E-state index is 5.84. The van der Waals surface area contributed by atoms with Crippen LogP contribution in [0.5, 0.6) is 0 Å². The Morgan fingerprint density at radius 1 is 1.11 bits per heavy atom. The van der Waals surface area contributed by atoms with E-state index < -0.39 is 0 Å². The van der Waals surface area contributed by atoms with Gasteiger partial charge in [-0.15, -0.1) is 0 Å². The fourth-order valence-electron chi connectivity index (χ4n) is 3.24. The number of nitrogens with zero attached hydrogens (tertiary/aromatic N) is 1. The second-order valence-electron chi connectivity index (χ2n) is 5.64. The second-order valence-corrected chi connectivity index (χ2v) is 5.64. The summed E-state index contributed by atoms with van der Waals surface area (Å²) in [7, 11) is 0. The van der Waals surface area contributed by atoms with Crippen LogP contribution in [0.1, 0.15) is 37.2 Å². The van der Waals surface area contributed by atoms with Crippen LogP contribution in [0.3, 0.4) is 0 Å². The average molecular weight is 245 g/mol. The highest BCUT2D eigenvalue weighted by Gasteiger charge is 2.26. The molecule has 2 fully saturated rings. The zero-order valence-electron chi connectivity index (χ0n) is 11.1. The lowest BCUT2D eigenvalue weighted by Crippen LogP contribution is -2.34. The van der Waals surface area contributed by atoms with Crippen molar-refractivity contribution in [3.63, 3.8) is 0 Å². The van der Waals surface area contributed by atoms with Gasteiger partial charge in [0.15, 0.2) is 0 Å². The molecule has 2 heterocycles. The molecule has 0 aliphatic carbocycles. The first-order chi connectivity index (χ1) is 8.92. The summed E-state index contributed by atoms with van der Waals surface area (Å²) < 4.78 is 5.84. The van der Waals surface area contributed by atoms with E-state index in [1.807, 2.05) is 0 Å². The van der Waals surface area contributed by atoms with Crippen molar-refractivity contribution in [3.05, 3.63) is 35.9 Å². The fourth-order valence-corrected chi connectivity index (χ4v) is 3.24. The lowest BCUT2D eigenvalue weighted by atomic mass is 9.99. The van der Waals surface area contributed by atoms with Crippen LogP contribution >= 0.6 is 0 Å². The Morgan fingerprint density at radius 2 is 2.00 bits per heavy atom. The summed E-state index contributed by atoms with van der Waals surface area (Å²) in [5.41, 5.74) is 1.50. The largest absolute Gasteiger partial charge is 0.377 e. The maximum absolute atomic E-state index is 5.84. The molecule has 2 aliphatic heterocycles. The minimum Gasteiger partial charge on any atom is -0.377 e. The first-order valence-electron chi connectivity index (χ1n) is 7.31. The van der Waals surface area contributed by atoms with Crippen LogP contribution in [0, 0.1) is 0 Å². The van der Waals surface area contributed by atoms with Gasteiger partial charge in [-0.2, -0.15) is 0 Å².